The van der Waals surface area contributed by atoms with Gasteiger partial charge in [-0.05, 0) is 48.0 Å². The first-order valence-electron chi connectivity index (χ1n) is 9.47. The summed E-state index contributed by atoms with van der Waals surface area (Å²) in [5.74, 6) is -2.47. The molecule has 0 aromatic heterocycles. The molecule has 0 saturated carbocycles. The molecule has 3 aromatic rings. The lowest BCUT2D eigenvalue weighted by Crippen LogP contribution is -2.29. The first-order valence-corrected chi connectivity index (χ1v) is 9.85. The van der Waals surface area contributed by atoms with E-state index in [4.69, 9.17) is 11.6 Å². The Morgan fingerprint density at radius 2 is 1.56 bits per heavy atom. The van der Waals surface area contributed by atoms with Crippen molar-refractivity contribution < 1.29 is 27.9 Å². The maximum absolute atomic E-state index is 13.3. The molecule has 1 amide bonds. The fourth-order valence-electron chi connectivity index (χ4n) is 3.64. The summed E-state index contributed by atoms with van der Waals surface area (Å²) >= 11 is 5.89. The third kappa shape index (κ3) is 3.87. The molecule has 32 heavy (non-hydrogen) atoms. The lowest BCUT2D eigenvalue weighted by molar-refractivity contribution is -0.137. The summed E-state index contributed by atoms with van der Waals surface area (Å²) < 4.78 is 39.8. The zero-order valence-electron chi connectivity index (χ0n) is 16.3. The van der Waals surface area contributed by atoms with Crippen molar-refractivity contribution in [3.8, 4) is 0 Å². The van der Waals surface area contributed by atoms with Gasteiger partial charge in [0.1, 0.15) is 5.76 Å². The van der Waals surface area contributed by atoms with E-state index in [-0.39, 0.29) is 16.8 Å². The van der Waals surface area contributed by atoms with E-state index < -0.39 is 35.2 Å². The van der Waals surface area contributed by atoms with E-state index in [0.717, 1.165) is 17.0 Å². The lowest BCUT2D eigenvalue weighted by atomic mass is 9.95. The summed E-state index contributed by atoms with van der Waals surface area (Å²) in [4.78, 5) is 26.9. The Morgan fingerprint density at radius 1 is 0.906 bits per heavy atom. The molecule has 0 aliphatic carbocycles. The second-order valence-electron chi connectivity index (χ2n) is 7.13. The number of halogens is 4. The normalized spacial score (nSPS) is 18.2. The average Bonchev–Trinajstić information content (AvgIpc) is 3.04. The number of carbonyl (C=O) groups is 2. The Bertz CT molecular complexity index is 1220. The minimum atomic E-state index is -4.63. The number of alkyl halides is 3. The number of aliphatic hydroxyl groups is 1. The van der Waals surface area contributed by atoms with Crippen LogP contribution in [0.1, 0.15) is 22.7 Å². The van der Waals surface area contributed by atoms with Gasteiger partial charge in [-0.1, -0.05) is 48.0 Å². The molecule has 1 heterocycles. The fraction of sp³-hybridized carbons (Fsp3) is 0.0833. The van der Waals surface area contributed by atoms with Crippen LogP contribution < -0.4 is 4.90 Å². The van der Waals surface area contributed by atoms with Crippen LogP contribution in [0.5, 0.6) is 0 Å². The zero-order valence-corrected chi connectivity index (χ0v) is 17.1. The van der Waals surface area contributed by atoms with E-state index in [1.807, 2.05) is 0 Å². The first-order chi connectivity index (χ1) is 15.2. The van der Waals surface area contributed by atoms with Crippen molar-refractivity contribution in [2.75, 3.05) is 4.90 Å². The van der Waals surface area contributed by atoms with Crippen molar-refractivity contribution in [1.82, 2.24) is 0 Å². The number of amides is 1. The number of rotatable bonds is 3. The van der Waals surface area contributed by atoms with Crippen molar-refractivity contribution >= 4 is 34.7 Å². The van der Waals surface area contributed by atoms with E-state index in [1.165, 1.54) is 36.4 Å². The molecule has 0 radical (unpaired) electrons. The summed E-state index contributed by atoms with van der Waals surface area (Å²) in [5.41, 5.74) is -0.578. The van der Waals surface area contributed by atoms with Crippen LogP contribution in [0, 0.1) is 0 Å². The van der Waals surface area contributed by atoms with Crippen molar-refractivity contribution in [1.29, 1.82) is 0 Å². The Balaban J connectivity index is 1.93. The number of carbonyl (C=O) groups excluding carboxylic acids is 2. The smallest absolute Gasteiger partial charge is 0.416 e. The lowest BCUT2D eigenvalue weighted by Gasteiger charge is -2.26. The van der Waals surface area contributed by atoms with Crippen molar-refractivity contribution in [3.63, 3.8) is 0 Å². The molecule has 1 atom stereocenters. The third-order valence-corrected chi connectivity index (χ3v) is 5.38. The van der Waals surface area contributed by atoms with Gasteiger partial charge in [-0.2, -0.15) is 13.2 Å². The van der Waals surface area contributed by atoms with Crippen molar-refractivity contribution in [2.45, 2.75) is 12.2 Å². The molecule has 0 bridgehead atoms. The van der Waals surface area contributed by atoms with Crippen LogP contribution in [-0.2, 0) is 15.8 Å². The molecule has 4 rings (SSSR count). The highest BCUT2D eigenvalue weighted by atomic mass is 35.5. The maximum atomic E-state index is 13.3. The van der Waals surface area contributed by atoms with Gasteiger partial charge in [0.2, 0.25) is 0 Å². The Labute approximate surface area is 186 Å². The Hall–Kier alpha value is -3.58. The predicted molar refractivity (Wildman–Crippen MR) is 114 cm³/mol. The van der Waals surface area contributed by atoms with Gasteiger partial charge < -0.3 is 5.11 Å². The number of Topliss-reactive ketones (excluding diaryl/α,β-unsaturated/α-hetero) is 1. The molecule has 1 fully saturated rings. The standard InChI is InChI=1S/C24H15ClF3NO3/c25-17-11-9-15(10-12-17)21(30)19-20(14-5-2-1-3-6-14)29(23(32)22(19)31)18-8-4-7-16(13-18)24(26,27)28/h1-13,20,30H/b21-19+. The van der Waals surface area contributed by atoms with Gasteiger partial charge in [-0.25, -0.2) is 0 Å². The van der Waals surface area contributed by atoms with Gasteiger partial charge in [0.15, 0.2) is 0 Å². The van der Waals surface area contributed by atoms with Crippen LogP contribution in [0.3, 0.4) is 0 Å². The zero-order chi connectivity index (χ0) is 23.0. The van der Waals surface area contributed by atoms with E-state index in [0.29, 0.717) is 10.6 Å². The fourth-order valence-corrected chi connectivity index (χ4v) is 3.77. The largest absolute Gasteiger partial charge is 0.507 e. The quantitative estimate of drug-likeness (QED) is 0.299. The summed E-state index contributed by atoms with van der Waals surface area (Å²) in [6.07, 6.45) is -4.63. The SMILES string of the molecule is O=C1C(=O)N(c2cccc(C(F)(F)F)c2)C(c2ccccc2)/C1=C(\O)c1ccc(Cl)cc1. The molecular weight excluding hydrogens is 443 g/mol. The summed E-state index contributed by atoms with van der Waals surface area (Å²) in [5, 5.41) is 11.3. The molecule has 8 heteroatoms. The van der Waals surface area contributed by atoms with Crippen LogP contribution in [0.4, 0.5) is 18.9 Å². The number of nitrogens with zero attached hydrogens (tertiary/aromatic N) is 1. The summed E-state index contributed by atoms with van der Waals surface area (Å²) in [6, 6.07) is 17.4. The van der Waals surface area contributed by atoms with Gasteiger partial charge in [0, 0.05) is 16.3 Å². The van der Waals surface area contributed by atoms with Crippen LogP contribution in [0.25, 0.3) is 5.76 Å². The van der Waals surface area contributed by atoms with Gasteiger partial charge in [0.25, 0.3) is 11.7 Å². The van der Waals surface area contributed by atoms with E-state index in [2.05, 4.69) is 0 Å². The summed E-state index contributed by atoms with van der Waals surface area (Å²) in [6.45, 7) is 0. The second kappa shape index (κ2) is 8.16. The molecule has 0 spiro atoms. The topological polar surface area (TPSA) is 57.6 Å². The Kier molecular flexibility index (Phi) is 5.52. The molecule has 1 N–H and O–H groups in total. The van der Waals surface area contributed by atoms with Crippen LogP contribution in [0.2, 0.25) is 5.02 Å². The second-order valence-corrected chi connectivity index (χ2v) is 7.57. The number of hydrogen-bond acceptors (Lipinski definition) is 3. The minimum absolute atomic E-state index is 0.106. The monoisotopic (exact) mass is 457 g/mol. The number of benzene rings is 3. The highest BCUT2D eigenvalue weighted by Gasteiger charge is 2.47. The number of aliphatic hydroxyl groups excluding tert-OH is 1. The van der Waals surface area contributed by atoms with Crippen LogP contribution in [0.15, 0.2) is 84.4 Å². The number of hydrogen-bond donors (Lipinski definition) is 1. The van der Waals surface area contributed by atoms with E-state index in [1.54, 1.807) is 30.3 Å². The molecule has 1 aliphatic rings. The molecular formula is C24H15ClF3NO3. The molecule has 3 aromatic carbocycles. The van der Waals surface area contributed by atoms with Gasteiger partial charge >= 0.3 is 6.18 Å². The maximum Gasteiger partial charge on any atom is 0.416 e. The Morgan fingerprint density at radius 3 is 2.19 bits per heavy atom. The molecule has 1 aliphatic heterocycles. The van der Waals surface area contributed by atoms with Gasteiger partial charge in [-0.3, -0.25) is 14.5 Å². The summed E-state index contributed by atoms with van der Waals surface area (Å²) in [7, 11) is 0. The molecule has 1 saturated heterocycles. The van der Waals surface area contributed by atoms with Gasteiger partial charge in [-0.15, -0.1) is 0 Å². The minimum Gasteiger partial charge on any atom is -0.507 e. The number of anilines is 1. The molecule has 162 valence electrons. The van der Waals surface area contributed by atoms with Crippen molar-refractivity contribution in [3.05, 3.63) is 106 Å². The number of ketones is 1. The first kappa shape index (κ1) is 21.6. The third-order valence-electron chi connectivity index (χ3n) is 5.13. The average molecular weight is 458 g/mol. The van der Waals surface area contributed by atoms with E-state index >= 15 is 0 Å². The predicted octanol–water partition coefficient (Wildman–Crippen LogP) is 5.99. The highest BCUT2D eigenvalue weighted by Crippen LogP contribution is 2.43. The molecule has 1 unspecified atom stereocenters. The molecule has 4 nitrogen and oxygen atoms in total. The van der Waals surface area contributed by atoms with E-state index in [9.17, 15) is 27.9 Å². The van der Waals surface area contributed by atoms with Crippen LogP contribution >= 0.6 is 11.6 Å². The van der Waals surface area contributed by atoms with Crippen LogP contribution in [-0.4, -0.2) is 16.8 Å². The highest BCUT2D eigenvalue weighted by molar-refractivity contribution is 6.51. The van der Waals surface area contributed by atoms with Gasteiger partial charge in [0.05, 0.1) is 17.2 Å². The van der Waals surface area contributed by atoms with Crippen molar-refractivity contribution in [2.24, 2.45) is 0 Å².